The van der Waals surface area contributed by atoms with Gasteiger partial charge in [0.25, 0.3) is 0 Å². The van der Waals surface area contributed by atoms with Crippen LogP contribution in [0.2, 0.25) is 10.0 Å². The second-order valence-corrected chi connectivity index (χ2v) is 5.91. The van der Waals surface area contributed by atoms with Gasteiger partial charge >= 0.3 is 0 Å². The van der Waals surface area contributed by atoms with Gasteiger partial charge in [0, 0.05) is 16.1 Å². The predicted molar refractivity (Wildman–Crippen MR) is 87.6 cm³/mol. The Labute approximate surface area is 135 Å². The van der Waals surface area contributed by atoms with Gasteiger partial charge in [-0.3, -0.25) is 0 Å². The van der Waals surface area contributed by atoms with Crippen molar-refractivity contribution in [2.45, 2.75) is 25.8 Å². The summed E-state index contributed by atoms with van der Waals surface area (Å²) in [6, 6.07) is 12.3. The van der Waals surface area contributed by atoms with E-state index in [1.807, 2.05) is 24.3 Å². The molecule has 0 heterocycles. The van der Waals surface area contributed by atoms with Gasteiger partial charge in [0.1, 0.15) is 5.82 Å². The lowest BCUT2D eigenvalue weighted by Gasteiger charge is -2.20. The summed E-state index contributed by atoms with van der Waals surface area (Å²) in [7, 11) is 0. The quantitative estimate of drug-likeness (QED) is 0.748. The molecule has 0 saturated carbocycles. The Bertz CT molecular complexity index is 564. The van der Waals surface area contributed by atoms with Crippen molar-refractivity contribution in [3.8, 4) is 0 Å². The first-order valence-corrected chi connectivity index (χ1v) is 7.78. The molecule has 2 rings (SSSR count). The van der Waals surface area contributed by atoms with Crippen molar-refractivity contribution < 1.29 is 4.39 Å². The molecule has 0 radical (unpaired) electrons. The lowest BCUT2D eigenvalue weighted by atomic mass is 9.98. The van der Waals surface area contributed by atoms with Crippen LogP contribution in [0.4, 0.5) is 4.39 Å². The Morgan fingerprint density at radius 3 is 2.24 bits per heavy atom. The summed E-state index contributed by atoms with van der Waals surface area (Å²) in [5.41, 5.74) is 2.12. The molecular formula is C17H18Cl2FN. The molecule has 0 aliphatic heterocycles. The maximum Gasteiger partial charge on any atom is 0.123 e. The van der Waals surface area contributed by atoms with E-state index in [1.165, 1.54) is 12.1 Å². The summed E-state index contributed by atoms with van der Waals surface area (Å²) in [4.78, 5) is 0. The standard InChI is InChI=1S/C17H18Cl2FN/c1-2-7-21-17(8-12-3-5-16(20)6-4-12)13-9-14(18)11-15(19)10-13/h3-6,9-11,17,21H,2,7-8H2,1H3. The first kappa shape index (κ1) is 16.3. The maximum atomic E-state index is 13.0. The molecular weight excluding hydrogens is 308 g/mol. The Balaban J connectivity index is 2.22. The highest BCUT2D eigenvalue weighted by Crippen LogP contribution is 2.26. The zero-order valence-electron chi connectivity index (χ0n) is 11.9. The molecule has 4 heteroatoms. The van der Waals surface area contributed by atoms with Gasteiger partial charge in [-0.1, -0.05) is 42.3 Å². The van der Waals surface area contributed by atoms with Crippen LogP contribution in [-0.4, -0.2) is 6.54 Å². The molecule has 0 aliphatic carbocycles. The first-order valence-electron chi connectivity index (χ1n) is 7.02. The minimum absolute atomic E-state index is 0.103. The topological polar surface area (TPSA) is 12.0 Å². The van der Waals surface area contributed by atoms with E-state index in [2.05, 4.69) is 12.2 Å². The predicted octanol–water partition coefficient (Wildman–Crippen LogP) is 5.42. The number of halogens is 3. The Morgan fingerprint density at radius 2 is 1.67 bits per heavy atom. The SMILES string of the molecule is CCCNC(Cc1ccc(F)cc1)c1cc(Cl)cc(Cl)c1. The molecule has 0 amide bonds. The van der Waals surface area contributed by atoms with Crippen LogP contribution in [0, 0.1) is 5.82 Å². The molecule has 2 aromatic carbocycles. The number of rotatable bonds is 6. The van der Waals surface area contributed by atoms with Crippen molar-refractivity contribution >= 4 is 23.2 Å². The van der Waals surface area contributed by atoms with Gasteiger partial charge in [-0.15, -0.1) is 0 Å². The van der Waals surface area contributed by atoms with E-state index in [1.54, 1.807) is 6.07 Å². The highest BCUT2D eigenvalue weighted by Gasteiger charge is 2.13. The molecule has 0 bridgehead atoms. The van der Waals surface area contributed by atoms with E-state index in [-0.39, 0.29) is 11.9 Å². The largest absolute Gasteiger partial charge is 0.310 e. The smallest absolute Gasteiger partial charge is 0.123 e. The van der Waals surface area contributed by atoms with Gasteiger partial charge in [0.2, 0.25) is 0 Å². The molecule has 1 N–H and O–H groups in total. The highest BCUT2D eigenvalue weighted by molar-refractivity contribution is 6.34. The number of hydrogen-bond donors (Lipinski definition) is 1. The minimum atomic E-state index is -0.220. The van der Waals surface area contributed by atoms with E-state index < -0.39 is 0 Å². The van der Waals surface area contributed by atoms with Gasteiger partial charge in [0.05, 0.1) is 0 Å². The molecule has 0 fully saturated rings. The number of hydrogen-bond acceptors (Lipinski definition) is 1. The van der Waals surface area contributed by atoms with Crippen molar-refractivity contribution in [3.05, 3.63) is 69.5 Å². The summed E-state index contributed by atoms with van der Waals surface area (Å²) in [6.45, 7) is 3.02. The molecule has 21 heavy (non-hydrogen) atoms. The summed E-state index contributed by atoms with van der Waals surface area (Å²) < 4.78 is 13.0. The third kappa shape index (κ3) is 4.99. The molecule has 1 unspecified atom stereocenters. The van der Waals surface area contributed by atoms with Gasteiger partial charge in [0.15, 0.2) is 0 Å². The van der Waals surface area contributed by atoms with E-state index in [0.29, 0.717) is 10.0 Å². The summed E-state index contributed by atoms with van der Waals surface area (Å²) in [6.07, 6.45) is 1.80. The van der Waals surface area contributed by atoms with Crippen molar-refractivity contribution in [1.29, 1.82) is 0 Å². The van der Waals surface area contributed by atoms with Crippen LogP contribution < -0.4 is 5.32 Å². The Hall–Kier alpha value is -1.09. The third-order valence-electron chi connectivity index (χ3n) is 3.28. The van der Waals surface area contributed by atoms with Crippen molar-refractivity contribution in [1.82, 2.24) is 5.32 Å². The fourth-order valence-electron chi connectivity index (χ4n) is 2.26. The fraction of sp³-hybridized carbons (Fsp3) is 0.294. The molecule has 0 aromatic heterocycles. The maximum absolute atomic E-state index is 13.0. The van der Waals surface area contributed by atoms with Crippen molar-refractivity contribution in [2.24, 2.45) is 0 Å². The van der Waals surface area contributed by atoms with E-state index in [9.17, 15) is 4.39 Å². The van der Waals surface area contributed by atoms with E-state index in [0.717, 1.165) is 30.5 Å². The van der Waals surface area contributed by atoms with Crippen LogP contribution in [0.5, 0.6) is 0 Å². The average molecular weight is 326 g/mol. The van der Waals surface area contributed by atoms with E-state index in [4.69, 9.17) is 23.2 Å². The van der Waals surface area contributed by atoms with Crippen LogP contribution in [0.15, 0.2) is 42.5 Å². The fourth-order valence-corrected chi connectivity index (χ4v) is 2.80. The summed E-state index contributed by atoms with van der Waals surface area (Å²) in [5, 5.41) is 4.74. The number of benzene rings is 2. The Morgan fingerprint density at radius 1 is 1.05 bits per heavy atom. The molecule has 0 spiro atoms. The lowest BCUT2D eigenvalue weighted by Crippen LogP contribution is -2.24. The average Bonchev–Trinajstić information content (AvgIpc) is 2.44. The van der Waals surface area contributed by atoms with Gasteiger partial charge < -0.3 is 5.32 Å². The molecule has 1 atom stereocenters. The van der Waals surface area contributed by atoms with Crippen LogP contribution in [0.25, 0.3) is 0 Å². The molecule has 112 valence electrons. The van der Waals surface area contributed by atoms with Crippen LogP contribution in [-0.2, 0) is 6.42 Å². The zero-order chi connectivity index (χ0) is 15.2. The van der Waals surface area contributed by atoms with Gasteiger partial charge in [-0.25, -0.2) is 4.39 Å². The monoisotopic (exact) mass is 325 g/mol. The van der Waals surface area contributed by atoms with Crippen LogP contribution >= 0.6 is 23.2 Å². The van der Waals surface area contributed by atoms with Crippen LogP contribution in [0.3, 0.4) is 0 Å². The normalized spacial score (nSPS) is 12.4. The third-order valence-corrected chi connectivity index (χ3v) is 3.72. The molecule has 0 aliphatic rings. The first-order chi connectivity index (χ1) is 10.1. The molecule has 1 nitrogen and oxygen atoms in total. The van der Waals surface area contributed by atoms with Gasteiger partial charge in [-0.05, 0) is 60.8 Å². The lowest BCUT2D eigenvalue weighted by molar-refractivity contribution is 0.528. The van der Waals surface area contributed by atoms with E-state index >= 15 is 0 Å². The van der Waals surface area contributed by atoms with Gasteiger partial charge in [-0.2, -0.15) is 0 Å². The second-order valence-electron chi connectivity index (χ2n) is 5.04. The minimum Gasteiger partial charge on any atom is -0.310 e. The van der Waals surface area contributed by atoms with Crippen molar-refractivity contribution in [2.75, 3.05) is 6.54 Å². The second kappa shape index (κ2) is 7.79. The number of nitrogens with one attached hydrogen (secondary N) is 1. The zero-order valence-corrected chi connectivity index (χ0v) is 13.4. The van der Waals surface area contributed by atoms with Crippen LogP contribution in [0.1, 0.15) is 30.5 Å². The van der Waals surface area contributed by atoms with Crippen molar-refractivity contribution in [3.63, 3.8) is 0 Å². The highest BCUT2D eigenvalue weighted by atomic mass is 35.5. The molecule has 0 saturated heterocycles. The Kier molecular flexibility index (Phi) is 6.04. The summed E-state index contributed by atoms with van der Waals surface area (Å²) >= 11 is 12.2. The molecule has 2 aromatic rings. The summed E-state index contributed by atoms with van der Waals surface area (Å²) in [5.74, 6) is -0.220.